The van der Waals surface area contributed by atoms with Crippen LogP contribution >= 0.6 is 11.6 Å². The van der Waals surface area contributed by atoms with Gasteiger partial charge in [-0.3, -0.25) is 4.68 Å². The molecule has 0 unspecified atom stereocenters. The minimum atomic E-state index is 0.733. The molecule has 2 nitrogen and oxygen atoms in total. The molecule has 0 atom stereocenters. The average Bonchev–Trinajstić information content (AvgIpc) is 2.27. The minimum absolute atomic E-state index is 0.733. The molecule has 0 aliphatic carbocycles. The lowest BCUT2D eigenvalue weighted by molar-refractivity contribution is 0.780. The van der Waals surface area contributed by atoms with E-state index in [1.807, 2.05) is 31.4 Å². The Balaban J connectivity index is 2.82. The normalized spacial score (nSPS) is 10.7. The van der Waals surface area contributed by atoms with Gasteiger partial charge >= 0.3 is 0 Å². The number of hydrogen-bond donors (Lipinski definition) is 0. The zero-order valence-corrected chi connectivity index (χ0v) is 6.84. The predicted octanol–water partition coefficient (Wildman–Crippen LogP) is 2.23. The molecule has 2 aromatic rings. The maximum Gasteiger partial charge on any atom is 0.0937 e. The number of hydrogen-bond acceptors (Lipinski definition) is 1. The second-order valence-electron chi connectivity index (χ2n) is 2.51. The quantitative estimate of drug-likeness (QED) is 0.587. The van der Waals surface area contributed by atoms with Crippen molar-refractivity contribution in [3.8, 4) is 0 Å². The molecule has 3 heteroatoms. The Morgan fingerprint density at radius 2 is 2.27 bits per heavy atom. The Bertz CT molecular complexity index is 392. The molecule has 56 valence electrons. The summed E-state index contributed by atoms with van der Waals surface area (Å²) in [6, 6.07) is 5.69. The van der Waals surface area contributed by atoms with Gasteiger partial charge in [0.2, 0.25) is 0 Å². The van der Waals surface area contributed by atoms with E-state index in [4.69, 9.17) is 11.6 Å². The molecular weight excluding hydrogens is 160 g/mol. The number of rotatable bonds is 0. The maximum absolute atomic E-state index is 5.78. The Morgan fingerprint density at radius 3 is 3.09 bits per heavy atom. The fourth-order valence-electron chi connectivity index (χ4n) is 1.11. The van der Waals surface area contributed by atoms with E-state index in [0.29, 0.717) is 0 Å². The SMILES string of the molecule is Cn1cc2ccc(Cl)cc2n1. The average molecular weight is 167 g/mol. The highest BCUT2D eigenvalue weighted by Crippen LogP contribution is 2.16. The lowest BCUT2D eigenvalue weighted by Gasteiger charge is -1.86. The van der Waals surface area contributed by atoms with Gasteiger partial charge in [-0.2, -0.15) is 5.10 Å². The van der Waals surface area contributed by atoms with Crippen molar-refractivity contribution < 1.29 is 0 Å². The van der Waals surface area contributed by atoms with E-state index in [-0.39, 0.29) is 0 Å². The number of aryl methyl sites for hydroxylation is 1. The van der Waals surface area contributed by atoms with Crippen LogP contribution in [0.15, 0.2) is 24.4 Å². The highest BCUT2D eigenvalue weighted by atomic mass is 35.5. The third-order valence-corrected chi connectivity index (χ3v) is 1.82. The number of fused-ring (bicyclic) bond motifs is 1. The molecule has 0 bridgehead atoms. The first-order valence-corrected chi connectivity index (χ1v) is 3.72. The van der Waals surface area contributed by atoms with Gasteiger partial charge in [-0.05, 0) is 18.2 Å². The van der Waals surface area contributed by atoms with Crippen molar-refractivity contribution in [2.75, 3.05) is 0 Å². The molecule has 0 amide bonds. The second kappa shape index (κ2) is 2.24. The molecule has 0 saturated carbocycles. The fourth-order valence-corrected chi connectivity index (χ4v) is 1.28. The van der Waals surface area contributed by atoms with Gasteiger partial charge in [0.25, 0.3) is 0 Å². The van der Waals surface area contributed by atoms with Gasteiger partial charge in [0.15, 0.2) is 0 Å². The topological polar surface area (TPSA) is 17.8 Å². The van der Waals surface area contributed by atoms with Crippen LogP contribution in [0.25, 0.3) is 10.9 Å². The van der Waals surface area contributed by atoms with E-state index in [0.717, 1.165) is 15.9 Å². The summed E-state index contributed by atoms with van der Waals surface area (Å²) < 4.78 is 1.78. The molecule has 1 aromatic carbocycles. The van der Waals surface area contributed by atoms with E-state index in [1.54, 1.807) is 4.68 Å². The molecular formula is C8H7ClN2. The summed E-state index contributed by atoms with van der Waals surface area (Å²) in [6.07, 6.45) is 1.96. The molecule has 0 aliphatic rings. The molecule has 1 heterocycles. The number of halogens is 1. The van der Waals surface area contributed by atoms with E-state index in [9.17, 15) is 0 Å². The van der Waals surface area contributed by atoms with Crippen LogP contribution in [0.5, 0.6) is 0 Å². The van der Waals surface area contributed by atoms with Crippen LogP contribution in [-0.2, 0) is 7.05 Å². The van der Waals surface area contributed by atoms with Gasteiger partial charge in [0.05, 0.1) is 5.52 Å². The Labute approximate surface area is 69.4 Å². The van der Waals surface area contributed by atoms with Gasteiger partial charge in [-0.1, -0.05) is 11.6 Å². The molecule has 0 N–H and O–H groups in total. The first kappa shape index (κ1) is 6.68. The summed E-state index contributed by atoms with van der Waals surface area (Å²) >= 11 is 5.78. The Kier molecular flexibility index (Phi) is 1.36. The van der Waals surface area contributed by atoms with Crippen LogP contribution in [-0.4, -0.2) is 9.78 Å². The van der Waals surface area contributed by atoms with Crippen LogP contribution in [0.1, 0.15) is 0 Å². The number of benzene rings is 1. The summed E-state index contributed by atoms with van der Waals surface area (Å²) in [5.41, 5.74) is 0.944. The van der Waals surface area contributed by atoms with Crippen LogP contribution in [0, 0.1) is 0 Å². The van der Waals surface area contributed by atoms with Crippen LogP contribution in [0.3, 0.4) is 0 Å². The van der Waals surface area contributed by atoms with Gasteiger partial charge in [-0.15, -0.1) is 0 Å². The molecule has 1 aromatic heterocycles. The fraction of sp³-hybridized carbons (Fsp3) is 0.125. The molecule has 2 rings (SSSR count). The van der Waals surface area contributed by atoms with Gasteiger partial charge < -0.3 is 0 Å². The first-order chi connectivity index (χ1) is 5.25. The molecule has 0 saturated heterocycles. The summed E-state index contributed by atoms with van der Waals surface area (Å²) in [5, 5.41) is 6.06. The Morgan fingerprint density at radius 1 is 1.45 bits per heavy atom. The summed E-state index contributed by atoms with van der Waals surface area (Å²) in [7, 11) is 1.90. The smallest absolute Gasteiger partial charge is 0.0937 e. The van der Waals surface area contributed by atoms with E-state index in [1.165, 1.54) is 0 Å². The van der Waals surface area contributed by atoms with E-state index in [2.05, 4.69) is 5.10 Å². The van der Waals surface area contributed by atoms with Crippen molar-refractivity contribution in [3.05, 3.63) is 29.4 Å². The maximum atomic E-state index is 5.78. The monoisotopic (exact) mass is 166 g/mol. The highest BCUT2D eigenvalue weighted by Gasteiger charge is 1.97. The third-order valence-electron chi connectivity index (χ3n) is 1.58. The van der Waals surface area contributed by atoms with Crippen LogP contribution < -0.4 is 0 Å². The van der Waals surface area contributed by atoms with E-state index < -0.39 is 0 Å². The standard InChI is InChI=1S/C8H7ClN2/c1-11-5-6-2-3-7(9)4-8(6)10-11/h2-5H,1H3. The molecule has 0 spiro atoms. The van der Waals surface area contributed by atoms with Crippen LogP contribution in [0.4, 0.5) is 0 Å². The third kappa shape index (κ3) is 1.10. The van der Waals surface area contributed by atoms with Gasteiger partial charge in [0, 0.05) is 23.7 Å². The minimum Gasteiger partial charge on any atom is -0.275 e. The van der Waals surface area contributed by atoms with Crippen molar-refractivity contribution in [2.24, 2.45) is 7.05 Å². The summed E-state index contributed by atoms with van der Waals surface area (Å²) in [4.78, 5) is 0. The van der Waals surface area contributed by atoms with Gasteiger partial charge in [-0.25, -0.2) is 0 Å². The molecule has 0 aliphatic heterocycles. The highest BCUT2D eigenvalue weighted by molar-refractivity contribution is 6.31. The molecule has 11 heavy (non-hydrogen) atoms. The lowest BCUT2D eigenvalue weighted by atomic mass is 10.3. The lowest BCUT2D eigenvalue weighted by Crippen LogP contribution is -1.84. The van der Waals surface area contributed by atoms with Crippen LogP contribution in [0.2, 0.25) is 5.02 Å². The van der Waals surface area contributed by atoms with Crippen molar-refractivity contribution in [3.63, 3.8) is 0 Å². The van der Waals surface area contributed by atoms with Crippen molar-refractivity contribution in [1.82, 2.24) is 9.78 Å². The number of aromatic nitrogens is 2. The van der Waals surface area contributed by atoms with Crippen molar-refractivity contribution >= 4 is 22.5 Å². The Hall–Kier alpha value is -1.02. The van der Waals surface area contributed by atoms with Crippen molar-refractivity contribution in [2.45, 2.75) is 0 Å². The first-order valence-electron chi connectivity index (χ1n) is 3.34. The van der Waals surface area contributed by atoms with Crippen molar-refractivity contribution in [1.29, 1.82) is 0 Å². The predicted molar refractivity (Wildman–Crippen MR) is 45.7 cm³/mol. The zero-order valence-electron chi connectivity index (χ0n) is 6.08. The second-order valence-corrected chi connectivity index (χ2v) is 2.94. The molecule has 0 fully saturated rings. The number of nitrogens with zero attached hydrogens (tertiary/aromatic N) is 2. The largest absolute Gasteiger partial charge is 0.275 e. The molecule has 0 radical (unpaired) electrons. The van der Waals surface area contributed by atoms with Gasteiger partial charge in [0.1, 0.15) is 0 Å². The zero-order chi connectivity index (χ0) is 7.84. The summed E-state index contributed by atoms with van der Waals surface area (Å²) in [6.45, 7) is 0. The van der Waals surface area contributed by atoms with E-state index >= 15 is 0 Å². The summed E-state index contributed by atoms with van der Waals surface area (Å²) in [5.74, 6) is 0.